The van der Waals surface area contributed by atoms with Gasteiger partial charge in [0, 0.05) is 0 Å². The average molecular weight is 290 g/mol. The number of hydrogen-bond acceptors (Lipinski definition) is 4. The van der Waals surface area contributed by atoms with Gasteiger partial charge >= 0.3 is 5.97 Å². The lowest BCUT2D eigenvalue weighted by atomic mass is 10.3. The van der Waals surface area contributed by atoms with Crippen molar-refractivity contribution in [2.45, 2.75) is 0 Å². The summed E-state index contributed by atoms with van der Waals surface area (Å²) in [5.74, 6) is -2.25. The molecule has 2 aromatic rings. The highest BCUT2D eigenvalue weighted by molar-refractivity contribution is 5.92. The molecular formula is C14H11FN2O4. The molecule has 0 aliphatic rings. The second-order valence-corrected chi connectivity index (χ2v) is 4.00. The lowest BCUT2D eigenvalue weighted by Gasteiger charge is -2.08. The molecule has 0 saturated heterocycles. The van der Waals surface area contributed by atoms with Gasteiger partial charge in [0.05, 0.1) is 11.9 Å². The van der Waals surface area contributed by atoms with E-state index in [1.165, 1.54) is 36.5 Å². The fraction of sp³-hybridized carbons (Fsp3) is 0.0714. The van der Waals surface area contributed by atoms with Gasteiger partial charge in [-0.15, -0.1) is 0 Å². The van der Waals surface area contributed by atoms with E-state index in [4.69, 9.17) is 9.84 Å². The highest BCUT2D eigenvalue weighted by atomic mass is 19.1. The van der Waals surface area contributed by atoms with Crippen LogP contribution in [0.3, 0.4) is 0 Å². The molecule has 1 aromatic heterocycles. The first-order chi connectivity index (χ1) is 10.1. The Balaban J connectivity index is 1.90. The van der Waals surface area contributed by atoms with Crippen LogP contribution in [0, 0.1) is 5.82 Å². The molecule has 6 nitrogen and oxygen atoms in total. The normalized spacial score (nSPS) is 9.95. The number of anilines is 1. The number of aromatic carboxylic acids is 1. The first-order valence-corrected chi connectivity index (χ1v) is 5.93. The zero-order valence-corrected chi connectivity index (χ0v) is 10.7. The largest absolute Gasteiger partial charge is 0.481 e. The minimum atomic E-state index is -1.16. The summed E-state index contributed by atoms with van der Waals surface area (Å²) < 4.78 is 18.3. The second-order valence-electron chi connectivity index (χ2n) is 4.00. The predicted octanol–water partition coefficient (Wildman–Crippen LogP) is 1.94. The number of nitrogens with one attached hydrogen (secondary N) is 1. The molecule has 2 rings (SSSR count). The molecule has 108 valence electrons. The number of rotatable bonds is 5. The van der Waals surface area contributed by atoms with Gasteiger partial charge in [0.1, 0.15) is 5.69 Å². The van der Waals surface area contributed by atoms with Crippen LogP contribution in [0.1, 0.15) is 10.5 Å². The number of carbonyl (C=O) groups is 2. The standard InChI is InChI=1S/C14H11FN2O4/c15-10-3-1-2-4-12(10)21-8-13(18)17-9-5-6-11(14(19)20)16-7-9/h1-7H,8H2,(H,17,18)(H,19,20). The zero-order chi connectivity index (χ0) is 15.2. The van der Waals surface area contributed by atoms with Crippen LogP contribution in [0.4, 0.5) is 10.1 Å². The smallest absolute Gasteiger partial charge is 0.354 e. The fourth-order valence-electron chi connectivity index (χ4n) is 1.50. The van der Waals surface area contributed by atoms with Gasteiger partial charge in [-0.3, -0.25) is 4.79 Å². The second kappa shape index (κ2) is 6.47. The van der Waals surface area contributed by atoms with E-state index in [9.17, 15) is 14.0 Å². The third-order valence-corrected chi connectivity index (χ3v) is 2.46. The zero-order valence-electron chi connectivity index (χ0n) is 10.7. The Kier molecular flexibility index (Phi) is 4.45. The van der Waals surface area contributed by atoms with Crippen molar-refractivity contribution in [3.63, 3.8) is 0 Å². The third kappa shape index (κ3) is 4.00. The topological polar surface area (TPSA) is 88.5 Å². The van der Waals surface area contributed by atoms with Crippen molar-refractivity contribution in [3.05, 3.63) is 54.1 Å². The number of carboxylic acid groups (broad SMARTS) is 1. The number of pyridine rings is 1. The number of carboxylic acids is 1. The van der Waals surface area contributed by atoms with Crippen LogP contribution in [0.2, 0.25) is 0 Å². The number of ether oxygens (including phenoxy) is 1. The SMILES string of the molecule is O=C(COc1ccccc1F)Nc1ccc(C(=O)O)nc1. The first-order valence-electron chi connectivity index (χ1n) is 5.93. The molecule has 0 radical (unpaired) electrons. The highest BCUT2D eigenvalue weighted by Gasteiger charge is 2.08. The van der Waals surface area contributed by atoms with E-state index >= 15 is 0 Å². The van der Waals surface area contributed by atoms with E-state index in [0.717, 1.165) is 0 Å². The molecule has 0 atom stereocenters. The quantitative estimate of drug-likeness (QED) is 0.878. The molecule has 21 heavy (non-hydrogen) atoms. The van der Waals surface area contributed by atoms with Gasteiger partial charge in [-0.2, -0.15) is 0 Å². The molecule has 1 heterocycles. The van der Waals surface area contributed by atoms with Crippen molar-refractivity contribution in [2.75, 3.05) is 11.9 Å². The van der Waals surface area contributed by atoms with Crippen LogP contribution >= 0.6 is 0 Å². The Labute approximate surface area is 119 Å². The van der Waals surface area contributed by atoms with Gasteiger partial charge in [0.25, 0.3) is 5.91 Å². The van der Waals surface area contributed by atoms with E-state index in [-0.39, 0.29) is 18.1 Å². The van der Waals surface area contributed by atoms with Gasteiger partial charge in [-0.05, 0) is 24.3 Å². The number of halogens is 1. The Bertz CT molecular complexity index is 658. The summed E-state index contributed by atoms with van der Waals surface area (Å²) in [6.45, 7) is -0.373. The van der Waals surface area contributed by atoms with Gasteiger partial charge in [0.2, 0.25) is 0 Å². The average Bonchev–Trinajstić information content (AvgIpc) is 2.47. The molecule has 1 aromatic carbocycles. The van der Waals surface area contributed by atoms with Gasteiger partial charge in [-0.1, -0.05) is 12.1 Å². The summed E-state index contributed by atoms with van der Waals surface area (Å²) in [6, 6.07) is 8.39. The van der Waals surface area contributed by atoms with E-state index in [2.05, 4.69) is 10.3 Å². The maximum atomic E-state index is 13.3. The molecule has 0 spiro atoms. The lowest BCUT2D eigenvalue weighted by Crippen LogP contribution is -2.20. The van der Waals surface area contributed by atoms with Crippen LogP contribution in [0.5, 0.6) is 5.75 Å². The molecule has 2 N–H and O–H groups in total. The van der Waals surface area contributed by atoms with Crippen molar-refractivity contribution in [1.82, 2.24) is 4.98 Å². The predicted molar refractivity (Wildman–Crippen MR) is 71.7 cm³/mol. The van der Waals surface area contributed by atoms with Gasteiger partial charge < -0.3 is 15.2 Å². The van der Waals surface area contributed by atoms with Gasteiger partial charge in [0.15, 0.2) is 18.2 Å². The fourth-order valence-corrected chi connectivity index (χ4v) is 1.50. The third-order valence-electron chi connectivity index (χ3n) is 2.46. The number of amides is 1. The Hall–Kier alpha value is -2.96. The summed E-state index contributed by atoms with van der Waals surface area (Å²) in [7, 11) is 0. The number of carbonyl (C=O) groups excluding carboxylic acids is 1. The summed E-state index contributed by atoms with van der Waals surface area (Å²) in [5, 5.41) is 11.1. The lowest BCUT2D eigenvalue weighted by molar-refractivity contribution is -0.118. The molecule has 0 fully saturated rings. The van der Waals surface area contributed by atoms with Crippen LogP contribution in [0.15, 0.2) is 42.6 Å². The monoisotopic (exact) mass is 290 g/mol. The number of para-hydroxylation sites is 1. The van der Waals surface area contributed by atoms with Crippen LogP contribution in [-0.4, -0.2) is 28.6 Å². The molecule has 0 aliphatic carbocycles. The van der Waals surface area contributed by atoms with Gasteiger partial charge in [-0.25, -0.2) is 14.2 Å². The van der Waals surface area contributed by atoms with E-state index in [1.54, 1.807) is 6.07 Å². The molecule has 7 heteroatoms. The molecule has 0 aliphatic heterocycles. The van der Waals surface area contributed by atoms with E-state index < -0.39 is 17.7 Å². The summed E-state index contributed by atoms with van der Waals surface area (Å²) in [4.78, 5) is 25.9. The van der Waals surface area contributed by atoms with Crippen LogP contribution in [0.25, 0.3) is 0 Å². The maximum Gasteiger partial charge on any atom is 0.354 e. The summed E-state index contributed by atoms with van der Waals surface area (Å²) >= 11 is 0. The van der Waals surface area contributed by atoms with Crippen LogP contribution in [-0.2, 0) is 4.79 Å². The Morgan fingerprint density at radius 1 is 1.24 bits per heavy atom. The maximum absolute atomic E-state index is 13.3. The highest BCUT2D eigenvalue weighted by Crippen LogP contribution is 2.15. The van der Waals surface area contributed by atoms with Crippen molar-refractivity contribution in [2.24, 2.45) is 0 Å². The minimum Gasteiger partial charge on any atom is -0.481 e. The van der Waals surface area contributed by atoms with Crippen molar-refractivity contribution in [1.29, 1.82) is 0 Å². The summed E-state index contributed by atoms with van der Waals surface area (Å²) in [6.07, 6.45) is 1.21. The number of benzene rings is 1. The first kappa shape index (κ1) is 14.4. The van der Waals surface area contributed by atoms with Crippen molar-refractivity contribution >= 4 is 17.6 Å². The van der Waals surface area contributed by atoms with Crippen molar-refractivity contribution < 1.29 is 23.8 Å². The minimum absolute atomic E-state index is 0.0213. The number of hydrogen-bond donors (Lipinski definition) is 2. The Morgan fingerprint density at radius 2 is 2.00 bits per heavy atom. The van der Waals surface area contributed by atoms with E-state index in [0.29, 0.717) is 5.69 Å². The number of nitrogens with zero attached hydrogens (tertiary/aromatic N) is 1. The molecule has 0 unspecified atom stereocenters. The molecule has 0 bridgehead atoms. The van der Waals surface area contributed by atoms with Crippen molar-refractivity contribution in [3.8, 4) is 5.75 Å². The Morgan fingerprint density at radius 3 is 2.62 bits per heavy atom. The molecular weight excluding hydrogens is 279 g/mol. The number of aromatic nitrogens is 1. The van der Waals surface area contributed by atoms with E-state index in [1.807, 2.05) is 0 Å². The summed E-state index contributed by atoms with van der Waals surface area (Å²) in [5.41, 5.74) is 0.192. The molecule has 1 amide bonds. The van der Waals surface area contributed by atoms with Crippen LogP contribution < -0.4 is 10.1 Å². The molecule has 0 saturated carbocycles.